The fraction of sp³-hybridized carbons (Fsp3) is 0.0667. The van der Waals surface area contributed by atoms with E-state index in [-0.39, 0.29) is 18.4 Å². The zero-order valence-electron chi connectivity index (χ0n) is 27.0. The van der Waals surface area contributed by atoms with E-state index in [9.17, 15) is 9.59 Å². The number of terminal acetylenes is 1. The Morgan fingerprint density at radius 3 is 1.63 bits per heavy atom. The quantitative estimate of drug-likeness (QED) is 0.246. The van der Waals surface area contributed by atoms with Gasteiger partial charge in [0.2, 0.25) is 0 Å². The molecule has 3 aromatic rings. The van der Waals surface area contributed by atoms with Gasteiger partial charge in [-0.1, -0.05) is 54.6 Å². The van der Waals surface area contributed by atoms with E-state index < -0.39 is 6.09 Å². The Labute approximate surface area is 298 Å². The number of fused-ring (bicyclic) bond motifs is 3. The van der Waals surface area contributed by atoms with Crippen LogP contribution in [0.1, 0.15) is 27.4 Å². The minimum atomic E-state index is -0.650. The number of carbonyl (C=O) groups is 2. The van der Waals surface area contributed by atoms with Gasteiger partial charge in [-0.15, -0.1) is 6.42 Å². The fourth-order valence-corrected chi connectivity index (χ4v) is 4.41. The molecule has 6 heteroatoms. The van der Waals surface area contributed by atoms with Gasteiger partial charge >= 0.3 is 6.09 Å². The number of hydrazine groups is 1. The SMILES string of the molecule is C#CC#CC#CC#CC#CC#CC#CC#CC#CC#CC#CN(C)C(=O)c1cccc(NNC(=O)OCC2c3ccccc3-c3ccccc32)c1. The molecule has 0 aliphatic heterocycles. The van der Waals surface area contributed by atoms with Crippen molar-refractivity contribution in [1.82, 2.24) is 10.3 Å². The molecule has 2 N–H and O–H groups in total. The minimum Gasteiger partial charge on any atom is -0.447 e. The number of ether oxygens (including phenoxy) is 1. The molecular formula is C45H21N3O3. The van der Waals surface area contributed by atoms with Crippen molar-refractivity contribution in [2.45, 2.75) is 5.92 Å². The molecule has 6 nitrogen and oxygen atoms in total. The van der Waals surface area contributed by atoms with E-state index in [1.807, 2.05) is 24.3 Å². The van der Waals surface area contributed by atoms with Crippen molar-refractivity contribution in [3.05, 3.63) is 89.5 Å². The number of carbonyl (C=O) groups excluding carboxylic acids is 2. The van der Waals surface area contributed by atoms with Gasteiger partial charge in [-0.2, -0.15) is 0 Å². The molecule has 0 bridgehead atoms. The van der Waals surface area contributed by atoms with Crippen LogP contribution in [-0.2, 0) is 4.74 Å². The summed E-state index contributed by atoms with van der Waals surface area (Å²) in [5, 5.41) is 0. The average Bonchev–Trinajstić information content (AvgIpc) is 3.48. The van der Waals surface area contributed by atoms with E-state index in [1.165, 1.54) is 11.9 Å². The van der Waals surface area contributed by atoms with Crippen LogP contribution in [0, 0.1) is 131 Å². The normalized spacial score (nSPS) is 8.63. The van der Waals surface area contributed by atoms with Gasteiger partial charge in [-0.25, -0.2) is 10.2 Å². The minimum absolute atomic E-state index is 0.0594. The summed E-state index contributed by atoms with van der Waals surface area (Å²) in [7, 11) is 1.51. The fourth-order valence-electron chi connectivity index (χ4n) is 4.41. The van der Waals surface area contributed by atoms with Gasteiger partial charge in [0.1, 0.15) is 6.61 Å². The van der Waals surface area contributed by atoms with Crippen molar-refractivity contribution < 1.29 is 14.3 Å². The van der Waals surface area contributed by atoms with Crippen LogP contribution in [0.3, 0.4) is 0 Å². The summed E-state index contributed by atoms with van der Waals surface area (Å²) < 4.78 is 5.55. The van der Waals surface area contributed by atoms with Crippen LogP contribution in [0.15, 0.2) is 72.8 Å². The van der Waals surface area contributed by atoms with Gasteiger partial charge in [0.15, 0.2) is 0 Å². The molecule has 0 fully saturated rings. The van der Waals surface area contributed by atoms with E-state index in [2.05, 4.69) is 160 Å². The Morgan fingerprint density at radius 1 is 0.647 bits per heavy atom. The van der Waals surface area contributed by atoms with Gasteiger partial charge in [-0.05, 0) is 87.8 Å². The molecule has 2 amide bonds. The highest BCUT2D eigenvalue weighted by Gasteiger charge is 2.29. The molecular weight excluding hydrogens is 631 g/mol. The van der Waals surface area contributed by atoms with Crippen molar-refractivity contribution in [2.75, 3.05) is 19.1 Å². The van der Waals surface area contributed by atoms with Crippen molar-refractivity contribution in [3.63, 3.8) is 0 Å². The lowest BCUT2D eigenvalue weighted by molar-refractivity contribution is 0.0860. The molecule has 0 atom stereocenters. The summed E-state index contributed by atoms with van der Waals surface area (Å²) in [6, 6.07) is 25.4. The number of anilines is 1. The van der Waals surface area contributed by atoms with Crippen LogP contribution < -0.4 is 10.9 Å². The van der Waals surface area contributed by atoms with Gasteiger partial charge < -0.3 is 4.74 Å². The molecule has 234 valence electrons. The highest BCUT2D eigenvalue weighted by molar-refractivity contribution is 5.96. The number of amides is 2. The van der Waals surface area contributed by atoms with Gasteiger partial charge in [0.05, 0.1) is 5.69 Å². The Balaban J connectivity index is 1.21. The first-order chi connectivity index (χ1) is 25.1. The number of hydrogen-bond acceptors (Lipinski definition) is 4. The summed E-state index contributed by atoms with van der Waals surface area (Å²) in [4.78, 5) is 26.6. The monoisotopic (exact) mass is 651 g/mol. The lowest BCUT2D eigenvalue weighted by Gasteiger charge is -2.15. The number of nitrogens with zero attached hydrogens (tertiary/aromatic N) is 1. The zero-order chi connectivity index (χ0) is 35.9. The largest absolute Gasteiger partial charge is 0.447 e. The molecule has 3 aromatic carbocycles. The third-order valence-electron chi connectivity index (χ3n) is 6.49. The molecule has 1 aliphatic carbocycles. The van der Waals surface area contributed by atoms with Crippen molar-refractivity contribution in [2.24, 2.45) is 0 Å². The summed E-state index contributed by atoms with van der Waals surface area (Å²) in [6.45, 7) is 0.175. The maximum Gasteiger partial charge on any atom is 0.425 e. The zero-order valence-corrected chi connectivity index (χ0v) is 27.0. The first-order valence-electron chi connectivity index (χ1n) is 14.8. The Bertz CT molecular complexity index is 2530. The lowest BCUT2D eigenvalue weighted by Crippen LogP contribution is -2.31. The second-order valence-electron chi connectivity index (χ2n) is 9.65. The van der Waals surface area contributed by atoms with Crippen molar-refractivity contribution in [3.8, 4) is 142 Å². The molecule has 51 heavy (non-hydrogen) atoms. The first kappa shape index (κ1) is 35.2. The molecule has 0 saturated heterocycles. The Kier molecular flexibility index (Phi) is 13.7. The third kappa shape index (κ3) is 11.3. The Hall–Kier alpha value is -8.64. The predicted octanol–water partition coefficient (Wildman–Crippen LogP) is 4.25. The van der Waals surface area contributed by atoms with E-state index in [1.54, 1.807) is 24.3 Å². The summed E-state index contributed by atoms with van der Waals surface area (Å²) >= 11 is 0. The maximum absolute atomic E-state index is 12.9. The smallest absolute Gasteiger partial charge is 0.425 e. The van der Waals surface area contributed by atoms with Crippen LogP contribution in [0.25, 0.3) is 11.1 Å². The van der Waals surface area contributed by atoms with Crippen LogP contribution in [0.5, 0.6) is 0 Å². The molecule has 0 radical (unpaired) electrons. The second kappa shape index (κ2) is 19.8. The summed E-state index contributed by atoms with van der Waals surface area (Å²) in [5.74, 6) is 49.0. The molecule has 1 aliphatic rings. The van der Waals surface area contributed by atoms with Crippen LogP contribution in [0.4, 0.5) is 10.5 Å². The van der Waals surface area contributed by atoms with E-state index >= 15 is 0 Å². The number of benzene rings is 3. The number of nitrogens with one attached hydrogen (secondary N) is 2. The summed E-state index contributed by atoms with van der Waals surface area (Å²) in [6.07, 6.45) is 4.30. The second-order valence-corrected chi connectivity index (χ2v) is 9.65. The number of rotatable bonds is 5. The van der Waals surface area contributed by atoms with E-state index in [0.29, 0.717) is 11.3 Å². The van der Waals surface area contributed by atoms with Gasteiger partial charge in [-0.3, -0.25) is 15.1 Å². The lowest BCUT2D eigenvalue weighted by atomic mass is 9.98. The van der Waals surface area contributed by atoms with Gasteiger partial charge in [0.25, 0.3) is 5.91 Å². The van der Waals surface area contributed by atoms with Crippen LogP contribution >= 0.6 is 0 Å². The van der Waals surface area contributed by atoms with Crippen molar-refractivity contribution >= 4 is 17.7 Å². The number of hydrogen-bond donors (Lipinski definition) is 2. The maximum atomic E-state index is 12.9. The van der Waals surface area contributed by atoms with E-state index in [4.69, 9.17) is 11.2 Å². The average molecular weight is 652 g/mol. The highest BCUT2D eigenvalue weighted by atomic mass is 16.6. The molecule has 0 unspecified atom stereocenters. The summed E-state index contributed by atoms with van der Waals surface area (Å²) in [5.41, 5.74) is 10.7. The molecule has 4 rings (SSSR count). The van der Waals surface area contributed by atoms with Gasteiger partial charge in [0, 0.05) is 95.6 Å². The molecule has 0 spiro atoms. The standard InChI is InChI=1S/C45H21N3O3/c1-3-4-5-6-7-8-9-10-11-12-13-14-15-16-17-18-19-20-21-26-34-48(2)44(49)37-28-27-29-38(35-37)46-47-45(50)51-36-43-41-32-24-22-30-39(41)40-31-23-25-33-42(40)43/h1,22-25,27-33,35,43,46H,36H2,2H3,(H,47,50). The molecule has 0 heterocycles. The Morgan fingerprint density at radius 2 is 1.12 bits per heavy atom. The third-order valence-corrected chi connectivity index (χ3v) is 6.49. The topological polar surface area (TPSA) is 70.7 Å². The van der Waals surface area contributed by atoms with Crippen molar-refractivity contribution in [1.29, 1.82) is 0 Å². The van der Waals surface area contributed by atoms with Crippen LogP contribution in [0.2, 0.25) is 0 Å². The van der Waals surface area contributed by atoms with E-state index in [0.717, 1.165) is 22.3 Å². The van der Waals surface area contributed by atoms with Crippen LogP contribution in [-0.4, -0.2) is 30.6 Å². The molecule has 0 saturated carbocycles. The highest BCUT2D eigenvalue weighted by Crippen LogP contribution is 2.44. The predicted molar refractivity (Wildman–Crippen MR) is 197 cm³/mol. The molecule has 0 aromatic heterocycles. The first-order valence-corrected chi connectivity index (χ1v) is 14.8.